The summed E-state index contributed by atoms with van der Waals surface area (Å²) in [7, 11) is 1.81. The predicted octanol–water partition coefficient (Wildman–Crippen LogP) is 4.14. The Kier molecular flexibility index (Phi) is 6.98. The van der Waals surface area contributed by atoms with Gasteiger partial charge < -0.3 is 9.47 Å². The van der Waals surface area contributed by atoms with E-state index in [2.05, 4.69) is 47.4 Å². The molecule has 1 fully saturated rings. The monoisotopic (exact) mass is 497 g/mol. The zero-order valence-electron chi connectivity index (χ0n) is 22.3. The van der Waals surface area contributed by atoms with E-state index in [9.17, 15) is 4.79 Å². The zero-order chi connectivity index (χ0) is 26.1. The van der Waals surface area contributed by atoms with Gasteiger partial charge in [-0.05, 0) is 38.8 Å². The topological polar surface area (TPSA) is 72.1 Å². The number of benzene rings is 1. The van der Waals surface area contributed by atoms with Gasteiger partial charge in [-0.25, -0.2) is 4.98 Å². The highest BCUT2D eigenvalue weighted by atomic mass is 16.1. The first-order valence-electron chi connectivity index (χ1n) is 13.2. The summed E-state index contributed by atoms with van der Waals surface area (Å²) in [5.41, 5.74) is 5.43. The van der Waals surface area contributed by atoms with Crippen LogP contribution in [0.15, 0.2) is 47.5 Å². The van der Waals surface area contributed by atoms with Crippen molar-refractivity contribution in [3.63, 3.8) is 0 Å². The van der Waals surface area contributed by atoms with Crippen LogP contribution in [0.3, 0.4) is 0 Å². The molecule has 192 valence electrons. The van der Waals surface area contributed by atoms with Crippen LogP contribution in [0, 0.1) is 11.8 Å². The second-order valence-corrected chi connectivity index (χ2v) is 9.85. The zero-order valence-corrected chi connectivity index (χ0v) is 22.3. The fraction of sp³-hybridized carbons (Fsp3) is 0.448. The first-order valence-corrected chi connectivity index (χ1v) is 13.2. The lowest BCUT2D eigenvalue weighted by Crippen LogP contribution is -2.59. The van der Waals surface area contributed by atoms with Crippen molar-refractivity contribution in [3.8, 4) is 11.8 Å². The Morgan fingerprint density at radius 1 is 1.11 bits per heavy atom. The number of nitrogens with zero attached hydrogens (tertiary/aromatic N) is 7. The molecule has 1 aromatic carbocycles. The second-order valence-electron chi connectivity index (χ2n) is 9.85. The van der Waals surface area contributed by atoms with E-state index in [1.165, 1.54) is 0 Å². The molecule has 1 aliphatic rings. The third-order valence-corrected chi connectivity index (χ3v) is 7.74. The molecule has 0 N–H and O–H groups in total. The lowest BCUT2D eigenvalue weighted by Gasteiger charge is -2.49. The van der Waals surface area contributed by atoms with Crippen molar-refractivity contribution in [3.05, 3.63) is 58.8 Å². The molecular weight excluding hydrogens is 462 g/mol. The summed E-state index contributed by atoms with van der Waals surface area (Å²) < 4.78 is 3.51. The molecule has 0 unspecified atom stereocenters. The van der Waals surface area contributed by atoms with Crippen molar-refractivity contribution in [1.29, 1.82) is 0 Å². The van der Waals surface area contributed by atoms with Crippen molar-refractivity contribution in [2.24, 2.45) is 7.05 Å². The Morgan fingerprint density at radius 2 is 1.86 bits per heavy atom. The standard InChI is InChI=1S/C29H35N7O/c1-6-9-14-34-19-27-29(32-34)26(15-28(37)33(27)5)36-18-21(7-2)35(17-22(36)8-3)20(4)25-16-30-23-12-10-11-13-24(23)31-25/h10-13,15-16,19-22H,7-8,14,17-18H2,1-5H3/t20-,21+,22-/m0/s1. The van der Waals surface area contributed by atoms with Gasteiger partial charge in [0, 0.05) is 38.3 Å². The third-order valence-electron chi connectivity index (χ3n) is 7.74. The minimum Gasteiger partial charge on any atom is -0.364 e. The molecule has 4 heterocycles. The average Bonchev–Trinajstić information content (AvgIpc) is 3.37. The van der Waals surface area contributed by atoms with Gasteiger partial charge in [-0.1, -0.05) is 31.9 Å². The lowest BCUT2D eigenvalue weighted by atomic mass is 9.98. The molecule has 0 bridgehead atoms. The van der Waals surface area contributed by atoms with E-state index in [1.807, 2.05) is 55.3 Å². The molecule has 4 aromatic rings. The molecule has 3 atom stereocenters. The van der Waals surface area contributed by atoms with Crippen LogP contribution in [0.1, 0.15) is 52.3 Å². The van der Waals surface area contributed by atoms with Gasteiger partial charge in [-0.15, -0.1) is 5.92 Å². The van der Waals surface area contributed by atoms with Crippen LogP contribution < -0.4 is 10.5 Å². The van der Waals surface area contributed by atoms with Crippen molar-refractivity contribution < 1.29 is 0 Å². The molecule has 1 saturated heterocycles. The fourth-order valence-electron chi connectivity index (χ4n) is 5.50. The van der Waals surface area contributed by atoms with Crippen LogP contribution in [-0.2, 0) is 13.6 Å². The molecule has 3 aromatic heterocycles. The molecule has 0 saturated carbocycles. The van der Waals surface area contributed by atoms with Gasteiger partial charge in [0.05, 0.1) is 46.4 Å². The minimum atomic E-state index is -0.0197. The predicted molar refractivity (Wildman–Crippen MR) is 149 cm³/mol. The Bertz CT molecular complexity index is 1540. The summed E-state index contributed by atoms with van der Waals surface area (Å²) >= 11 is 0. The third kappa shape index (κ3) is 4.60. The molecule has 0 amide bonds. The van der Waals surface area contributed by atoms with Gasteiger partial charge in [-0.3, -0.25) is 19.4 Å². The van der Waals surface area contributed by atoms with E-state index in [4.69, 9.17) is 10.1 Å². The van der Waals surface area contributed by atoms with E-state index in [-0.39, 0.29) is 17.6 Å². The molecule has 1 aliphatic heterocycles. The van der Waals surface area contributed by atoms with Crippen LogP contribution >= 0.6 is 0 Å². The van der Waals surface area contributed by atoms with Gasteiger partial charge in [0.25, 0.3) is 5.56 Å². The summed E-state index contributed by atoms with van der Waals surface area (Å²) in [5.74, 6) is 6.00. The number of fused-ring (bicyclic) bond motifs is 2. The Balaban J connectivity index is 1.50. The van der Waals surface area contributed by atoms with Crippen molar-refractivity contribution in [1.82, 2.24) is 29.2 Å². The average molecular weight is 498 g/mol. The number of pyridine rings is 1. The van der Waals surface area contributed by atoms with Crippen LogP contribution in [0.5, 0.6) is 0 Å². The maximum atomic E-state index is 13.0. The first kappa shape index (κ1) is 25.0. The summed E-state index contributed by atoms with van der Waals surface area (Å²) in [5, 5.41) is 4.86. The number of rotatable bonds is 6. The van der Waals surface area contributed by atoms with Gasteiger partial charge >= 0.3 is 0 Å². The lowest BCUT2D eigenvalue weighted by molar-refractivity contribution is 0.0991. The Morgan fingerprint density at radius 3 is 2.59 bits per heavy atom. The van der Waals surface area contributed by atoms with Crippen molar-refractivity contribution >= 4 is 27.8 Å². The number of para-hydroxylation sites is 2. The number of hydrogen-bond donors (Lipinski definition) is 0. The van der Waals surface area contributed by atoms with Crippen LogP contribution in [-0.4, -0.2) is 54.4 Å². The van der Waals surface area contributed by atoms with Gasteiger partial charge in [0.15, 0.2) is 0 Å². The van der Waals surface area contributed by atoms with Crippen molar-refractivity contribution in [2.45, 2.75) is 65.2 Å². The molecule has 5 rings (SSSR count). The number of hydrogen-bond acceptors (Lipinski definition) is 6. The SMILES string of the molecule is CC#CCn1cc2c(n1)c(N1C[C@@H](CC)N([C@@H](C)c3cnc4ccccc4n3)C[C@@H]1CC)cc(=O)n2C. The quantitative estimate of drug-likeness (QED) is 0.373. The Labute approximate surface area is 217 Å². The highest BCUT2D eigenvalue weighted by molar-refractivity contribution is 5.88. The molecule has 37 heavy (non-hydrogen) atoms. The van der Waals surface area contributed by atoms with Crippen LogP contribution in [0.4, 0.5) is 5.69 Å². The highest BCUT2D eigenvalue weighted by Crippen LogP contribution is 2.34. The fourth-order valence-corrected chi connectivity index (χ4v) is 5.50. The molecule has 0 spiro atoms. The van der Waals surface area contributed by atoms with Gasteiger partial charge in [0.1, 0.15) is 12.1 Å². The summed E-state index contributed by atoms with van der Waals surface area (Å²) in [6.45, 7) is 10.7. The highest BCUT2D eigenvalue weighted by Gasteiger charge is 2.36. The maximum absolute atomic E-state index is 13.0. The van der Waals surface area contributed by atoms with E-state index in [1.54, 1.807) is 10.6 Å². The van der Waals surface area contributed by atoms with Crippen molar-refractivity contribution in [2.75, 3.05) is 18.0 Å². The smallest absolute Gasteiger partial charge is 0.252 e. The number of anilines is 1. The summed E-state index contributed by atoms with van der Waals surface area (Å²) in [6, 6.07) is 10.5. The van der Waals surface area contributed by atoms with E-state index < -0.39 is 0 Å². The van der Waals surface area contributed by atoms with Gasteiger partial charge in [-0.2, -0.15) is 5.10 Å². The normalized spacial score (nSPS) is 19.2. The van der Waals surface area contributed by atoms with Crippen LogP contribution in [0.2, 0.25) is 0 Å². The molecule has 0 aliphatic carbocycles. The second kappa shape index (κ2) is 10.3. The number of piperazine rings is 1. The summed E-state index contributed by atoms with van der Waals surface area (Å²) in [6.07, 6.45) is 5.80. The number of aromatic nitrogens is 5. The first-order chi connectivity index (χ1) is 17.9. The number of aryl methyl sites for hydroxylation is 1. The van der Waals surface area contributed by atoms with E-state index >= 15 is 0 Å². The van der Waals surface area contributed by atoms with Gasteiger partial charge in [0.2, 0.25) is 0 Å². The molecular formula is C29H35N7O. The van der Waals surface area contributed by atoms with E-state index in [0.29, 0.717) is 12.6 Å². The molecule has 0 radical (unpaired) electrons. The maximum Gasteiger partial charge on any atom is 0.252 e. The molecule has 8 nitrogen and oxygen atoms in total. The van der Waals surface area contributed by atoms with E-state index in [0.717, 1.165) is 59.4 Å². The summed E-state index contributed by atoms with van der Waals surface area (Å²) in [4.78, 5) is 27.6. The largest absolute Gasteiger partial charge is 0.364 e. The Hall–Kier alpha value is -3.70. The molecule has 8 heteroatoms. The minimum absolute atomic E-state index is 0.0197. The van der Waals surface area contributed by atoms with Crippen LogP contribution in [0.25, 0.3) is 22.1 Å².